The third kappa shape index (κ3) is 7.48. The van der Waals surface area contributed by atoms with Gasteiger partial charge in [-0.3, -0.25) is 10.1 Å². The van der Waals surface area contributed by atoms with Gasteiger partial charge in [-0.15, -0.1) is 0 Å². The summed E-state index contributed by atoms with van der Waals surface area (Å²) in [6.45, 7) is 2.93. The first-order valence-electron chi connectivity index (χ1n) is 10.9. The molecule has 1 aromatic carbocycles. The van der Waals surface area contributed by atoms with Gasteiger partial charge < -0.3 is 9.64 Å². The van der Waals surface area contributed by atoms with Crippen LogP contribution in [0, 0.1) is 11.7 Å². The largest absolute Gasteiger partial charge is 0.490 e. The Hall–Kier alpha value is -2.16. The lowest BCUT2D eigenvalue weighted by atomic mass is 10.0. The summed E-state index contributed by atoms with van der Waals surface area (Å²) in [6.07, 6.45) is 5.05. The number of hydrogen-bond donors (Lipinski definition) is 1. The predicted molar refractivity (Wildman–Crippen MR) is 115 cm³/mol. The quantitative estimate of drug-likeness (QED) is 0.365. The van der Waals surface area contributed by atoms with Crippen LogP contribution in [0.3, 0.4) is 0 Å². The second-order valence-corrected chi connectivity index (χ2v) is 10.9. The van der Waals surface area contributed by atoms with Crippen LogP contribution < -0.4 is 10.1 Å². The van der Waals surface area contributed by atoms with Gasteiger partial charge in [-0.1, -0.05) is 25.8 Å². The number of nitrogens with one attached hydrogen (secondary N) is 1. The van der Waals surface area contributed by atoms with Crippen LogP contribution in [0.1, 0.15) is 56.9 Å². The Kier molecular flexibility index (Phi) is 7.91. The molecule has 0 radical (unpaired) electrons. The van der Waals surface area contributed by atoms with E-state index in [0.717, 1.165) is 37.7 Å². The Bertz CT molecular complexity index is 901. The summed E-state index contributed by atoms with van der Waals surface area (Å²) in [5.74, 6) is -0.135. The second-order valence-electron chi connectivity index (χ2n) is 8.65. The molecule has 0 unspecified atom stereocenters. The first kappa shape index (κ1) is 23.5. The van der Waals surface area contributed by atoms with Crippen molar-refractivity contribution < 1.29 is 27.1 Å². The normalized spacial score (nSPS) is 17.7. The van der Waals surface area contributed by atoms with Crippen molar-refractivity contribution in [1.29, 1.82) is 0 Å². The Labute approximate surface area is 183 Å². The Morgan fingerprint density at radius 2 is 1.94 bits per heavy atom. The van der Waals surface area contributed by atoms with Gasteiger partial charge in [0.05, 0.1) is 18.1 Å². The van der Waals surface area contributed by atoms with Gasteiger partial charge in [-0.2, -0.15) is 0 Å². The third-order valence-corrected chi connectivity index (χ3v) is 7.62. The van der Waals surface area contributed by atoms with E-state index in [2.05, 4.69) is 5.32 Å². The highest BCUT2D eigenvalue weighted by molar-refractivity contribution is 7.91. The Morgan fingerprint density at radius 3 is 2.61 bits per heavy atom. The lowest BCUT2D eigenvalue weighted by Crippen LogP contribution is -2.29. The lowest BCUT2D eigenvalue weighted by molar-refractivity contribution is -0.118. The molecule has 0 aromatic heterocycles. The van der Waals surface area contributed by atoms with Crippen molar-refractivity contribution >= 4 is 21.8 Å². The maximum absolute atomic E-state index is 14.0. The molecule has 0 spiro atoms. The average molecular weight is 455 g/mol. The zero-order valence-corrected chi connectivity index (χ0v) is 18.8. The highest BCUT2D eigenvalue weighted by atomic mass is 32.2. The van der Waals surface area contributed by atoms with Gasteiger partial charge in [-0.05, 0) is 55.2 Å². The van der Waals surface area contributed by atoms with E-state index in [9.17, 15) is 22.4 Å². The fourth-order valence-electron chi connectivity index (χ4n) is 3.63. The van der Waals surface area contributed by atoms with Gasteiger partial charge >= 0.3 is 6.03 Å². The molecule has 2 fully saturated rings. The van der Waals surface area contributed by atoms with E-state index >= 15 is 0 Å². The number of hydrogen-bond acceptors (Lipinski definition) is 5. The van der Waals surface area contributed by atoms with Crippen molar-refractivity contribution in [2.24, 2.45) is 5.92 Å². The smallest absolute Gasteiger partial charge is 0.324 e. The third-order valence-electron chi connectivity index (χ3n) is 5.70. The van der Waals surface area contributed by atoms with Crippen molar-refractivity contribution in [3.8, 4) is 5.75 Å². The molecule has 3 amide bonds. The van der Waals surface area contributed by atoms with Crippen LogP contribution >= 0.6 is 0 Å². The molecule has 1 aromatic rings. The molecule has 1 saturated heterocycles. The molecule has 1 atom stereocenters. The van der Waals surface area contributed by atoms with Gasteiger partial charge in [0.15, 0.2) is 21.4 Å². The highest BCUT2D eigenvalue weighted by Crippen LogP contribution is 2.31. The molecular formula is C22H31FN2O5S. The molecule has 31 heavy (non-hydrogen) atoms. The van der Waals surface area contributed by atoms with Crippen molar-refractivity contribution in [1.82, 2.24) is 10.2 Å². The molecule has 1 heterocycles. The highest BCUT2D eigenvalue weighted by Gasteiger charge is 2.26. The van der Waals surface area contributed by atoms with E-state index < -0.39 is 15.7 Å². The summed E-state index contributed by atoms with van der Waals surface area (Å²) >= 11 is 0. The number of unbranched alkanes of at least 4 members (excludes halogenated alkanes) is 3. The van der Waals surface area contributed by atoms with E-state index in [4.69, 9.17) is 4.74 Å². The fourth-order valence-corrected chi connectivity index (χ4v) is 5.40. The molecule has 1 N–H and O–H groups in total. The minimum absolute atomic E-state index is 0.0107. The number of halogens is 1. The van der Waals surface area contributed by atoms with Gasteiger partial charge in [0.25, 0.3) is 0 Å². The SMILES string of the molecule is C[C@@H](CS(=O)(=O)CCCCCCN1CC(=O)NC1=O)c1ccc(F)c(OCC2CC2)c1. The zero-order valence-electron chi connectivity index (χ0n) is 17.9. The second kappa shape index (κ2) is 10.4. The minimum Gasteiger partial charge on any atom is -0.490 e. The van der Waals surface area contributed by atoms with E-state index in [1.165, 1.54) is 11.0 Å². The molecule has 7 nitrogen and oxygen atoms in total. The van der Waals surface area contributed by atoms with E-state index in [-0.39, 0.29) is 41.7 Å². The molecular weight excluding hydrogens is 423 g/mol. The van der Waals surface area contributed by atoms with Crippen LogP contribution in [0.4, 0.5) is 9.18 Å². The number of imide groups is 1. The standard InChI is InChI=1S/C22H31FN2O5S/c1-16(18-8-9-19(23)20(12-18)30-14-17-6-7-17)15-31(28,29)11-5-3-2-4-10-25-13-21(26)24-22(25)27/h8-9,12,16-17H,2-7,10-11,13-15H2,1H3,(H,24,26,27)/t16-/m0/s1. The van der Waals surface area contributed by atoms with Crippen LogP contribution in [-0.2, 0) is 14.6 Å². The maximum atomic E-state index is 14.0. The van der Waals surface area contributed by atoms with Crippen LogP contribution in [-0.4, -0.2) is 56.5 Å². The van der Waals surface area contributed by atoms with E-state index in [0.29, 0.717) is 25.5 Å². The monoisotopic (exact) mass is 454 g/mol. The summed E-state index contributed by atoms with van der Waals surface area (Å²) in [5, 5.41) is 2.23. The van der Waals surface area contributed by atoms with Gasteiger partial charge in [-0.25, -0.2) is 17.6 Å². The van der Waals surface area contributed by atoms with Crippen LogP contribution in [0.5, 0.6) is 5.75 Å². The van der Waals surface area contributed by atoms with Gasteiger partial charge in [0.2, 0.25) is 5.91 Å². The van der Waals surface area contributed by atoms with Gasteiger partial charge in [0.1, 0.15) is 6.54 Å². The number of sulfone groups is 1. The number of rotatable bonds is 13. The minimum atomic E-state index is -3.24. The molecule has 1 aliphatic heterocycles. The first-order chi connectivity index (χ1) is 14.7. The molecule has 1 saturated carbocycles. The molecule has 172 valence electrons. The first-order valence-corrected chi connectivity index (χ1v) is 12.8. The summed E-state index contributed by atoms with van der Waals surface area (Å²) in [7, 11) is -3.24. The number of amides is 3. The van der Waals surface area contributed by atoms with Crippen LogP contribution in [0.15, 0.2) is 18.2 Å². The summed E-state index contributed by atoms with van der Waals surface area (Å²) in [5.41, 5.74) is 0.759. The number of carbonyl (C=O) groups is 2. The summed E-state index contributed by atoms with van der Waals surface area (Å²) in [6, 6.07) is 4.23. The molecule has 1 aliphatic carbocycles. The molecule has 2 aliphatic rings. The molecule has 9 heteroatoms. The van der Waals surface area contributed by atoms with E-state index in [1.54, 1.807) is 12.1 Å². The van der Waals surface area contributed by atoms with Crippen molar-refractivity contribution in [2.75, 3.05) is 31.2 Å². The number of benzene rings is 1. The summed E-state index contributed by atoms with van der Waals surface area (Å²) < 4.78 is 44.5. The Balaban J connectivity index is 1.38. The lowest BCUT2D eigenvalue weighted by Gasteiger charge is -2.15. The van der Waals surface area contributed by atoms with Gasteiger partial charge in [0, 0.05) is 6.54 Å². The fraction of sp³-hybridized carbons (Fsp3) is 0.636. The molecule has 0 bridgehead atoms. The van der Waals surface area contributed by atoms with Crippen molar-refractivity contribution in [3.63, 3.8) is 0 Å². The number of carbonyl (C=O) groups excluding carboxylic acids is 2. The van der Waals surface area contributed by atoms with E-state index in [1.807, 2.05) is 6.92 Å². The number of nitrogens with zero attached hydrogens (tertiary/aromatic N) is 1. The maximum Gasteiger partial charge on any atom is 0.324 e. The topological polar surface area (TPSA) is 92.8 Å². The van der Waals surface area contributed by atoms with Crippen LogP contribution in [0.2, 0.25) is 0 Å². The Morgan fingerprint density at radius 1 is 1.19 bits per heavy atom. The predicted octanol–water partition coefficient (Wildman–Crippen LogP) is 3.25. The van der Waals surface area contributed by atoms with Crippen LogP contribution in [0.25, 0.3) is 0 Å². The average Bonchev–Trinajstić information content (AvgIpc) is 3.47. The molecule has 3 rings (SSSR count). The van der Waals surface area contributed by atoms with Crippen molar-refractivity contribution in [3.05, 3.63) is 29.6 Å². The number of ether oxygens (including phenoxy) is 1. The number of urea groups is 1. The summed E-state index contributed by atoms with van der Waals surface area (Å²) in [4.78, 5) is 24.0. The van der Waals surface area contributed by atoms with Crippen molar-refractivity contribution in [2.45, 2.75) is 51.4 Å². The zero-order chi connectivity index (χ0) is 22.4.